The number of aromatic nitrogens is 1. The lowest BCUT2D eigenvalue weighted by molar-refractivity contribution is -0.131. The largest absolute Gasteiger partial charge is 0.444 e. The normalized spacial score (nSPS) is 19.8. The fourth-order valence-electron chi connectivity index (χ4n) is 4.05. The molecule has 5 N–H and O–H groups in total. The third-order valence-electron chi connectivity index (χ3n) is 5.93. The second-order valence-electron chi connectivity index (χ2n) is 9.70. The van der Waals surface area contributed by atoms with Crippen LogP contribution in [0.25, 0.3) is 10.9 Å². The van der Waals surface area contributed by atoms with Crippen molar-refractivity contribution in [2.75, 3.05) is 0 Å². The van der Waals surface area contributed by atoms with E-state index in [1.807, 2.05) is 45.0 Å². The molecule has 0 aliphatic carbocycles. The smallest absolute Gasteiger partial charge is 0.408 e. The molecule has 3 rings (SSSR count). The van der Waals surface area contributed by atoms with Crippen LogP contribution >= 0.6 is 0 Å². The number of ether oxygens (including phenoxy) is 1. The minimum absolute atomic E-state index is 0.0469. The van der Waals surface area contributed by atoms with Gasteiger partial charge in [-0.25, -0.2) is 4.79 Å². The number of nitrogens with one attached hydrogen (secondary N) is 5. The number of alkyl carbamates (subject to hydrolysis) is 1. The van der Waals surface area contributed by atoms with Crippen molar-refractivity contribution in [1.29, 1.82) is 0 Å². The molecule has 2 heterocycles. The zero-order valence-electron chi connectivity index (χ0n) is 20.2. The first-order chi connectivity index (χ1) is 15.5. The Labute approximate surface area is 194 Å². The van der Waals surface area contributed by atoms with Crippen LogP contribution in [0.2, 0.25) is 0 Å². The first-order valence-corrected chi connectivity index (χ1v) is 11.4. The van der Waals surface area contributed by atoms with E-state index in [1.165, 1.54) is 0 Å². The number of para-hydroxylation sites is 1. The van der Waals surface area contributed by atoms with E-state index >= 15 is 0 Å². The number of fused-ring (bicyclic) bond motifs is 3. The monoisotopic (exact) mass is 457 g/mol. The fourth-order valence-corrected chi connectivity index (χ4v) is 4.05. The molecule has 4 atom stereocenters. The van der Waals surface area contributed by atoms with Gasteiger partial charge in [0.15, 0.2) is 0 Å². The number of H-pyrrole nitrogens is 1. The lowest BCUT2D eigenvalue weighted by Crippen LogP contribution is -2.58. The van der Waals surface area contributed by atoms with Crippen LogP contribution < -0.4 is 21.5 Å². The molecule has 0 saturated carbocycles. The lowest BCUT2D eigenvalue weighted by Gasteiger charge is -2.29. The maximum atomic E-state index is 12.9. The molecule has 1 aliphatic rings. The average molecular weight is 458 g/mol. The van der Waals surface area contributed by atoms with Gasteiger partial charge in [-0.3, -0.25) is 25.8 Å². The van der Waals surface area contributed by atoms with Crippen LogP contribution in [0.15, 0.2) is 24.3 Å². The summed E-state index contributed by atoms with van der Waals surface area (Å²) in [5, 5.41) is 7.01. The van der Waals surface area contributed by atoms with Crippen molar-refractivity contribution in [3.8, 4) is 0 Å². The van der Waals surface area contributed by atoms with Crippen LogP contribution in [0.3, 0.4) is 0 Å². The minimum atomic E-state index is -0.844. The lowest BCUT2D eigenvalue weighted by atomic mass is 9.94. The summed E-state index contributed by atoms with van der Waals surface area (Å²) in [4.78, 5) is 41.3. The van der Waals surface area contributed by atoms with Gasteiger partial charge in [0.05, 0.1) is 6.04 Å². The molecule has 0 radical (unpaired) electrons. The topological polar surface area (TPSA) is 124 Å². The van der Waals surface area contributed by atoms with Crippen molar-refractivity contribution in [3.05, 3.63) is 35.5 Å². The summed E-state index contributed by atoms with van der Waals surface area (Å²) in [6.45, 7) is 11.0. The van der Waals surface area contributed by atoms with Gasteiger partial charge in [-0.15, -0.1) is 0 Å². The molecule has 9 nitrogen and oxygen atoms in total. The highest BCUT2D eigenvalue weighted by Gasteiger charge is 2.32. The summed E-state index contributed by atoms with van der Waals surface area (Å²) in [5.74, 6) is -0.998. The standard InChI is InChI=1S/C24H35N5O4/c1-7-13(2)19(27-23(32)33-24(4,5)6)22(31)29-28-21(30)18-12-16-15-10-8-9-11-17(15)26-20(16)14(3)25-18/h8-11,13-14,18-19,25-26H,7,12H2,1-6H3,(H,27,32)(H,28,30)(H,29,31)/t13-,14-,18-,19-/m0/s1. The Bertz CT molecular complexity index is 1030. The highest BCUT2D eigenvalue weighted by Crippen LogP contribution is 2.31. The highest BCUT2D eigenvalue weighted by molar-refractivity contribution is 5.91. The molecule has 2 aromatic rings. The number of carbonyl (C=O) groups is 3. The second-order valence-corrected chi connectivity index (χ2v) is 9.70. The molecule has 1 aromatic heterocycles. The van der Waals surface area contributed by atoms with Crippen molar-refractivity contribution < 1.29 is 19.1 Å². The number of carbonyl (C=O) groups excluding carboxylic acids is 3. The summed E-state index contributed by atoms with van der Waals surface area (Å²) in [7, 11) is 0. The van der Waals surface area contributed by atoms with Crippen molar-refractivity contribution in [1.82, 2.24) is 26.5 Å². The van der Waals surface area contributed by atoms with E-state index in [0.29, 0.717) is 12.8 Å². The van der Waals surface area contributed by atoms with Crippen LogP contribution in [-0.4, -0.2) is 40.6 Å². The van der Waals surface area contributed by atoms with Crippen molar-refractivity contribution in [2.24, 2.45) is 5.92 Å². The van der Waals surface area contributed by atoms with Crippen LogP contribution in [0, 0.1) is 5.92 Å². The predicted molar refractivity (Wildman–Crippen MR) is 126 cm³/mol. The Morgan fingerprint density at radius 3 is 2.55 bits per heavy atom. The summed E-state index contributed by atoms with van der Waals surface area (Å²) < 4.78 is 5.28. The Hall–Kier alpha value is -3.07. The predicted octanol–water partition coefficient (Wildman–Crippen LogP) is 2.83. The maximum Gasteiger partial charge on any atom is 0.408 e. The zero-order valence-corrected chi connectivity index (χ0v) is 20.2. The number of aromatic amines is 1. The SMILES string of the molecule is CC[C@H](C)[C@H](NC(=O)OC(C)(C)C)C(=O)NNC(=O)[C@@H]1Cc2c([nH]c3ccccc23)[C@H](C)N1. The molecule has 180 valence electrons. The molecule has 0 fully saturated rings. The van der Waals surface area contributed by atoms with Gasteiger partial charge in [-0.05, 0) is 51.7 Å². The average Bonchev–Trinajstić information content (AvgIpc) is 3.13. The van der Waals surface area contributed by atoms with E-state index in [9.17, 15) is 14.4 Å². The fraction of sp³-hybridized carbons (Fsp3) is 0.542. The van der Waals surface area contributed by atoms with E-state index in [4.69, 9.17) is 4.74 Å². The molecule has 0 bridgehead atoms. The second kappa shape index (κ2) is 9.82. The maximum absolute atomic E-state index is 12.9. The zero-order chi connectivity index (χ0) is 24.3. The number of benzene rings is 1. The highest BCUT2D eigenvalue weighted by atomic mass is 16.6. The molecule has 0 spiro atoms. The van der Waals surface area contributed by atoms with Crippen molar-refractivity contribution in [2.45, 2.75) is 78.1 Å². The molecular weight excluding hydrogens is 422 g/mol. The van der Waals surface area contributed by atoms with Crippen LogP contribution in [0.5, 0.6) is 0 Å². The molecule has 3 amide bonds. The molecule has 0 saturated heterocycles. The van der Waals surface area contributed by atoms with Crippen LogP contribution in [-0.2, 0) is 20.7 Å². The number of rotatable bonds is 5. The summed E-state index contributed by atoms with van der Waals surface area (Å²) in [5.41, 5.74) is 7.53. The Balaban J connectivity index is 1.63. The third kappa shape index (κ3) is 5.84. The Morgan fingerprint density at radius 2 is 1.88 bits per heavy atom. The van der Waals surface area contributed by atoms with Gasteiger partial charge in [-0.2, -0.15) is 0 Å². The Kier molecular flexibility index (Phi) is 7.31. The molecular formula is C24H35N5O4. The van der Waals surface area contributed by atoms with Gasteiger partial charge >= 0.3 is 6.09 Å². The quantitative estimate of drug-likeness (QED) is 0.442. The van der Waals surface area contributed by atoms with Gasteiger partial charge in [0.2, 0.25) is 0 Å². The summed E-state index contributed by atoms with van der Waals surface area (Å²) in [6, 6.07) is 6.61. The first-order valence-electron chi connectivity index (χ1n) is 11.4. The van der Waals surface area contributed by atoms with Crippen molar-refractivity contribution >= 4 is 28.8 Å². The third-order valence-corrected chi connectivity index (χ3v) is 5.93. The van der Waals surface area contributed by atoms with E-state index in [2.05, 4.69) is 26.5 Å². The number of amides is 3. The molecule has 1 aromatic carbocycles. The van der Waals surface area contributed by atoms with E-state index in [0.717, 1.165) is 22.2 Å². The molecule has 33 heavy (non-hydrogen) atoms. The van der Waals surface area contributed by atoms with Gasteiger partial charge in [-0.1, -0.05) is 38.5 Å². The molecule has 1 aliphatic heterocycles. The van der Waals surface area contributed by atoms with Gasteiger partial charge in [0, 0.05) is 22.6 Å². The van der Waals surface area contributed by atoms with Crippen molar-refractivity contribution in [3.63, 3.8) is 0 Å². The summed E-state index contributed by atoms with van der Waals surface area (Å²) >= 11 is 0. The van der Waals surface area contributed by atoms with E-state index in [1.54, 1.807) is 20.8 Å². The summed E-state index contributed by atoms with van der Waals surface area (Å²) in [6.07, 6.45) is 0.479. The molecule has 0 unspecified atom stereocenters. The van der Waals surface area contributed by atoms with Gasteiger partial charge in [0.1, 0.15) is 11.6 Å². The van der Waals surface area contributed by atoms with E-state index in [-0.39, 0.29) is 17.9 Å². The van der Waals surface area contributed by atoms with Crippen LogP contribution in [0.4, 0.5) is 4.79 Å². The first kappa shape index (κ1) is 24.6. The number of hydrazine groups is 1. The van der Waals surface area contributed by atoms with Gasteiger partial charge < -0.3 is 15.0 Å². The minimum Gasteiger partial charge on any atom is -0.444 e. The number of hydrogen-bond donors (Lipinski definition) is 5. The van der Waals surface area contributed by atoms with E-state index < -0.39 is 29.7 Å². The van der Waals surface area contributed by atoms with Crippen LogP contribution in [0.1, 0.15) is 65.3 Å². The number of hydrogen-bond acceptors (Lipinski definition) is 5. The molecule has 9 heteroatoms. The Morgan fingerprint density at radius 1 is 1.18 bits per heavy atom. The van der Waals surface area contributed by atoms with Gasteiger partial charge in [0.25, 0.3) is 11.8 Å².